The van der Waals surface area contributed by atoms with Gasteiger partial charge in [-0.3, -0.25) is 9.52 Å². The zero-order chi connectivity index (χ0) is 7.49. The fraction of sp³-hybridized carbons (Fsp3) is 0.750. The lowest BCUT2D eigenvalue weighted by Crippen LogP contribution is -2.34. The van der Waals surface area contributed by atoms with Crippen molar-refractivity contribution in [2.75, 3.05) is 0 Å². The minimum atomic E-state index is -1.81. The van der Waals surface area contributed by atoms with Crippen LogP contribution in [0.5, 0.6) is 0 Å². The Kier molecular flexibility index (Phi) is 3.35. The summed E-state index contributed by atoms with van der Waals surface area (Å²) in [4.78, 5) is 10.5. The fourth-order valence-corrected chi connectivity index (χ4v) is 0.737. The Morgan fingerprint density at radius 1 is 1.78 bits per heavy atom. The van der Waals surface area contributed by atoms with Crippen LogP contribution in [0.1, 0.15) is 13.8 Å². The smallest absolute Gasteiger partial charge is 0.267 e. The predicted molar refractivity (Wildman–Crippen MR) is 39.9 cm³/mol. The Hall–Kier alpha value is 0.1000. The molecule has 9 heavy (non-hydrogen) atoms. The van der Waals surface area contributed by atoms with Crippen molar-refractivity contribution in [1.29, 1.82) is 0 Å². The Morgan fingerprint density at radius 2 is 2.22 bits per heavy atom. The second kappa shape index (κ2) is 3.31. The van der Waals surface area contributed by atoms with E-state index in [-0.39, 0.29) is 0 Å². The number of thiol groups is 1. The van der Waals surface area contributed by atoms with E-state index in [9.17, 15) is 9.18 Å². The highest BCUT2D eigenvalue weighted by molar-refractivity contribution is 8.68. The van der Waals surface area contributed by atoms with Crippen molar-refractivity contribution < 1.29 is 9.18 Å². The largest absolute Gasteiger partial charge is 0.288 e. The Morgan fingerprint density at radius 3 is 2.33 bits per heavy atom. The van der Waals surface area contributed by atoms with Gasteiger partial charge in [0.2, 0.25) is 0 Å². The standard InChI is InChI=1S/C4H8FNOS2/c1-4(2,5)3(7)6-9-8/h8H,1-2H3,(H,6,7). The van der Waals surface area contributed by atoms with Gasteiger partial charge in [-0.05, 0) is 13.8 Å². The first-order valence-electron chi connectivity index (χ1n) is 2.28. The molecular weight excluding hydrogens is 161 g/mol. The van der Waals surface area contributed by atoms with E-state index in [0.29, 0.717) is 0 Å². The topological polar surface area (TPSA) is 29.1 Å². The van der Waals surface area contributed by atoms with Gasteiger partial charge in [0.25, 0.3) is 5.91 Å². The third-order valence-corrected chi connectivity index (χ3v) is 1.23. The fourth-order valence-electron chi connectivity index (χ4n) is 0.163. The van der Waals surface area contributed by atoms with E-state index in [1.165, 1.54) is 13.8 Å². The molecule has 0 heterocycles. The lowest BCUT2D eigenvalue weighted by Gasteiger charge is -2.10. The van der Waals surface area contributed by atoms with Crippen molar-refractivity contribution in [3.05, 3.63) is 0 Å². The van der Waals surface area contributed by atoms with Gasteiger partial charge >= 0.3 is 0 Å². The molecular formula is C4H8FNOS2. The van der Waals surface area contributed by atoms with E-state index < -0.39 is 11.6 Å². The van der Waals surface area contributed by atoms with Crippen LogP contribution in [0.15, 0.2) is 0 Å². The monoisotopic (exact) mass is 169 g/mol. The van der Waals surface area contributed by atoms with Crippen molar-refractivity contribution >= 4 is 28.5 Å². The molecule has 0 saturated heterocycles. The zero-order valence-corrected chi connectivity index (χ0v) is 6.85. The average Bonchev–Trinajstić information content (AvgIpc) is 1.64. The molecule has 0 aliphatic carbocycles. The summed E-state index contributed by atoms with van der Waals surface area (Å²) in [5.74, 6) is -0.664. The van der Waals surface area contributed by atoms with Crippen molar-refractivity contribution in [3.8, 4) is 0 Å². The first-order chi connectivity index (χ1) is 3.98. The number of hydrogen-bond donors (Lipinski definition) is 2. The average molecular weight is 169 g/mol. The highest BCUT2D eigenvalue weighted by Crippen LogP contribution is 2.10. The Balaban J connectivity index is 3.74. The third kappa shape index (κ3) is 3.64. The van der Waals surface area contributed by atoms with Crippen LogP contribution < -0.4 is 4.72 Å². The van der Waals surface area contributed by atoms with E-state index in [1.54, 1.807) is 0 Å². The highest BCUT2D eigenvalue weighted by atomic mass is 33.1. The molecule has 0 aliphatic rings. The van der Waals surface area contributed by atoms with Crippen LogP contribution in [0.4, 0.5) is 4.39 Å². The lowest BCUT2D eigenvalue weighted by molar-refractivity contribution is -0.128. The van der Waals surface area contributed by atoms with Gasteiger partial charge in [0.15, 0.2) is 5.67 Å². The van der Waals surface area contributed by atoms with E-state index in [2.05, 4.69) is 16.4 Å². The van der Waals surface area contributed by atoms with Gasteiger partial charge < -0.3 is 0 Å². The molecule has 1 amide bonds. The zero-order valence-electron chi connectivity index (χ0n) is 5.14. The van der Waals surface area contributed by atoms with Crippen LogP contribution in [0.3, 0.4) is 0 Å². The number of rotatable bonds is 2. The van der Waals surface area contributed by atoms with Crippen molar-refractivity contribution in [2.24, 2.45) is 0 Å². The number of carbonyl (C=O) groups is 1. The molecule has 0 rings (SSSR count). The second-order valence-corrected chi connectivity index (χ2v) is 2.93. The minimum absolute atomic E-state index is 0.664. The van der Waals surface area contributed by atoms with Gasteiger partial charge in [-0.2, -0.15) is 0 Å². The molecule has 1 N–H and O–H groups in total. The molecule has 0 fully saturated rings. The molecule has 0 aromatic carbocycles. The first kappa shape index (κ1) is 9.10. The number of amides is 1. The molecule has 0 aromatic heterocycles. The summed E-state index contributed by atoms with van der Waals surface area (Å²) >= 11 is 3.61. The third-order valence-electron chi connectivity index (χ3n) is 0.678. The normalized spacial score (nSPS) is 11.1. The molecule has 2 nitrogen and oxygen atoms in total. The van der Waals surface area contributed by atoms with Gasteiger partial charge in [0.05, 0.1) is 0 Å². The van der Waals surface area contributed by atoms with Crippen LogP contribution in [0, 0.1) is 0 Å². The molecule has 0 bridgehead atoms. The van der Waals surface area contributed by atoms with Crippen LogP contribution in [0.25, 0.3) is 0 Å². The Bertz CT molecular complexity index is 112. The molecule has 0 atom stereocenters. The van der Waals surface area contributed by atoms with E-state index in [0.717, 1.165) is 11.0 Å². The molecule has 0 spiro atoms. The predicted octanol–water partition coefficient (Wildman–Crippen LogP) is 1.34. The first-order valence-corrected chi connectivity index (χ1v) is 4.15. The van der Waals surface area contributed by atoms with Gasteiger partial charge in [-0.25, -0.2) is 4.39 Å². The second-order valence-electron chi connectivity index (χ2n) is 1.99. The van der Waals surface area contributed by atoms with E-state index in [4.69, 9.17) is 0 Å². The molecule has 0 saturated carbocycles. The summed E-state index contributed by atoms with van der Waals surface area (Å²) < 4.78 is 14.7. The molecule has 54 valence electrons. The van der Waals surface area contributed by atoms with Crippen LogP contribution in [-0.2, 0) is 4.79 Å². The lowest BCUT2D eigenvalue weighted by atomic mass is 10.2. The van der Waals surface area contributed by atoms with Crippen LogP contribution in [0.2, 0.25) is 0 Å². The quantitative estimate of drug-likeness (QED) is 0.371. The van der Waals surface area contributed by atoms with Gasteiger partial charge in [0.1, 0.15) is 0 Å². The van der Waals surface area contributed by atoms with Crippen molar-refractivity contribution in [2.45, 2.75) is 19.5 Å². The number of nitrogens with one attached hydrogen (secondary N) is 1. The summed E-state index contributed by atoms with van der Waals surface area (Å²) in [6.07, 6.45) is 0. The van der Waals surface area contributed by atoms with Crippen LogP contribution >= 0.6 is 22.6 Å². The number of carbonyl (C=O) groups excluding carboxylic acids is 1. The number of alkyl halides is 1. The van der Waals surface area contributed by atoms with E-state index in [1.807, 2.05) is 0 Å². The van der Waals surface area contributed by atoms with Crippen molar-refractivity contribution in [3.63, 3.8) is 0 Å². The Labute approximate surface area is 62.5 Å². The maximum absolute atomic E-state index is 12.5. The number of hydrogen-bond acceptors (Lipinski definition) is 3. The molecule has 0 unspecified atom stereocenters. The summed E-state index contributed by atoms with van der Waals surface area (Å²) in [5, 5.41) is 0. The highest BCUT2D eigenvalue weighted by Gasteiger charge is 2.25. The molecule has 0 aromatic rings. The maximum Gasteiger partial charge on any atom is 0.267 e. The van der Waals surface area contributed by atoms with Crippen LogP contribution in [-0.4, -0.2) is 11.6 Å². The van der Waals surface area contributed by atoms with Gasteiger partial charge in [0, 0.05) is 11.0 Å². The van der Waals surface area contributed by atoms with Crippen molar-refractivity contribution in [1.82, 2.24) is 4.72 Å². The van der Waals surface area contributed by atoms with E-state index >= 15 is 0 Å². The summed E-state index contributed by atoms with van der Waals surface area (Å²) in [5.41, 5.74) is -1.81. The summed E-state index contributed by atoms with van der Waals surface area (Å²) in [7, 11) is 0.792. The summed E-state index contributed by atoms with van der Waals surface area (Å²) in [6, 6.07) is 0. The molecule has 0 aliphatic heterocycles. The molecule has 0 radical (unpaired) electrons. The molecule has 5 heteroatoms. The maximum atomic E-state index is 12.5. The number of halogens is 1. The SMILES string of the molecule is CC(C)(F)C(=O)NSS. The summed E-state index contributed by atoms with van der Waals surface area (Å²) in [6.45, 7) is 2.37. The van der Waals surface area contributed by atoms with Gasteiger partial charge in [-0.1, -0.05) is 11.7 Å². The minimum Gasteiger partial charge on any atom is -0.288 e. The van der Waals surface area contributed by atoms with Gasteiger partial charge in [-0.15, -0.1) is 0 Å².